The molecule has 0 N–H and O–H groups in total. The number of rotatable bonds is 3. The van der Waals surface area contributed by atoms with Crippen molar-refractivity contribution in [3.8, 4) is 0 Å². The van der Waals surface area contributed by atoms with E-state index in [9.17, 15) is 9.59 Å². The predicted octanol–water partition coefficient (Wildman–Crippen LogP) is 3.57. The molecule has 6 heteroatoms. The Kier molecular flexibility index (Phi) is 6.15. The first kappa shape index (κ1) is 20.5. The van der Waals surface area contributed by atoms with Crippen LogP contribution in [0.4, 0.5) is 0 Å². The lowest BCUT2D eigenvalue weighted by atomic mass is 9.87. The van der Waals surface area contributed by atoms with Crippen LogP contribution in [0.1, 0.15) is 71.5 Å². The van der Waals surface area contributed by atoms with E-state index in [0.29, 0.717) is 5.91 Å². The number of hydrogen-bond acceptors (Lipinski definition) is 4. The number of hydrogen-bond donors (Lipinski definition) is 0. The van der Waals surface area contributed by atoms with Crippen molar-refractivity contribution in [1.29, 1.82) is 0 Å². The Labute approximate surface area is 184 Å². The van der Waals surface area contributed by atoms with E-state index in [0.717, 1.165) is 82.3 Å². The molecule has 164 valence electrons. The molecule has 3 fully saturated rings. The van der Waals surface area contributed by atoms with Crippen molar-refractivity contribution < 1.29 is 9.59 Å². The Morgan fingerprint density at radius 3 is 2.30 bits per heavy atom. The number of amides is 2. The highest BCUT2D eigenvalue weighted by Crippen LogP contribution is 2.34. The number of fused-ring (bicyclic) bond motifs is 1. The van der Waals surface area contributed by atoms with Gasteiger partial charge in [-0.05, 0) is 56.6 Å². The number of carbonyl (C=O) groups is 2. The number of aryl methyl sites for hydroxylation is 1. The van der Waals surface area contributed by atoms with Crippen molar-refractivity contribution in [3.05, 3.63) is 21.4 Å². The van der Waals surface area contributed by atoms with Crippen LogP contribution >= 0.6 is 11.3 Å². The summed E-state index contributed by atoms with van der Waals surface area (Å²) in [4.78, 5) is 34.9. The fourth-order valence-corrected chi connectivity index (χ4v) is 7.10. The topological polar surface area (TPSA) is 43.9 Å². The molecule has 2 aliphatic carbocycles. The van der Waals surface area contributed by atoms with Crippen molar-refractivity contribution in [3.63, 3.8) is 0 Å². The Morgan fingerprint density at radius 1 is 0.833 bits per heavy atom. The van der Waals surface area contributed by atoms with Crippen LogP contribution < -0.4 is 0 Å². The summed E-state index contributed by atoms with van der Waals surface area (Å²) >= 11 is 1.67. The molecule has 3 heterocycles. The van der Waals surface area contributed by atoms with Gasteiger partial charge in [0, 0.05) is 56.1 Å². The van der Waals surface area contributed by atoms with Gasteiger partial charge >= 0.3 is 0 Å². The summed E-state index contributed by atoms with van der Waals surface area (Å²) in [5, 5.41) is 0. The molecule has 0 bridgehead atoms. The standard InChI is InChI=1S/C24H35N3O2S/c28-23(27-14-12-25(13-15-27)20-6-2-1-3-7-20)18-8-9-21-19(16-18)17-22(30-21)24(29)26-10-4-5-11-26/h17-18,20H,1-16H2/t18-/m0/s1. The molecule has 0 spiro atoms. The molecule has 1 aromatic rings. The average molecular weight is 430 g/mol. The van der Waals surface area contributed by atoms with Crippen LogP contribution in [-0.4, -0.2) is 71.8 Å². The summed E-state index contributed by atoms with van der Waals surface area (Å²) in [6, 6.07) is 2.85. The maximum atomic E-state index is 13.2. The molecule has 4 aliphatic rings. The molecule has 5 rings (SSSR count). The molecule has 1 atom stereocenters. The largest absolute Gasteiger partial charge is 0.340 e. The van der Waals surface area contributed by atoms with Gasteiger partial charge in [-0.25, -0.2) is 0 Å². The highest BCUT2D eigenvalue weighted by Gasteiger charge is 2.33. The molecule has 2 aliphatic heterocycles. The molecule has 30 heavy (non-hydrogen) atoms. The number of thiophene rings is 1. The van der Waals surface area contributed by atoms with E-state index >= 15 is 0 Å². The van der Waals surface area contributed by atoms with Crippen LogP contribution in [0.2, 0.25) is 0 Å². The summed E-state index contributed by atoms with van der Waals surface area (Å²) in [6.45, 7) is 5.66. The van der Waals surface area contributed by atoms with Crippen LogP contribution in [-0.2, 0) is 17.6 Å². The Hall–Kier alpha value is -1.40. The molecule has 2 saturated heterocycles. The molecule has 1 aromatic heterocycles. The first-order valence-corrected chi connectivity index (χ1v) is 12.9. The van der Waals surface area contributed by atoms with Gasteiger partial charge in [-0.15, -0.1) is 11.3 Å². The summed E-state index contributed by atoms with van der Waals surface area (Å²) < 4.78 is 0. The van der Waals surface area contributed by atoms with Crippen LogP contribution in [0.25, 0.3) is 0 Å². The highest BCUT2D eigenvalue weighted by molar-refractivity contribution is 7.14. The maximum absolute atomic E-state index is 13.2. The van der Waals surface area contributed by atoms with Crippen LogP contribution in [0.3, 0.4) is 0 Å². The summed E-state index contributed by atoms with van der Waals surface area (Å²) in [5.41, 5.74) is 1.26. The second kappa shape index (κ2) is 8.99. The number of piperazine rings is 1. The van der Waals surface area contributed by atoms with Gasteiger partial charge in [0.2, 0.25) is 5.91 Å². The zero-order valence-corrected chi connectivity index (χ0v) is 18.9. The van der Waals surface area contributed by atoms with E-state index in [1.165, 1.54) is 42.5 Å². The zero-order valence-electron chi connectivity index (χ0n) is 18.1. The van der Waals surface area contributed by atoms with Gasteiger partial charge in [-0.1, -0.05) is 19.3 Å². The predicted molar refractivity (Wildman–Crippen MR) is 120 cm³/mol. The molecule has 5 nitrogen and oxygen atoms in total. The first-order chi connectivity index (χ1) is 14.7. The molecular formula is C24H35N3O2S. The van der Waals surface area contributed by atoms with Crippen molar-refractivity contribution >= 4 is 23.2 Å². The third-order valence-corrected chi connectivity index (χ3v) is 8.98. The molecule has 0 radical (unpaired) electrons. The minimum atomic E-state index is 0.100. The Morgan fingerprint density at radius 2 is 1.57 bits per heavy atom. The zero-order chi connectivity index (χ0) is 20.5. The SMILES string of the molecule is O=C(c1cc2c(s1)CC[C@H](C(=O)N1CCN(C3CCCCC3)CC1)C2)N1CCCC1. The summed E-state index contributed by atoms with van der Waals surface area (Å²) in [7, 11) is 0. The third kappa shape index (κ3) is 4.18. The lowest BCUT2D eigenvalue weighted by Gasteiger charge is -2.41. The van der Waals surface area contributed by atoms with Crippen molar-refractivity contribution in [1.82, 2.24) is 14.7 Å². The van der Waals surface area contributed by atoms with E-state index in [1.54, 1.807) is 11.3 Å². The Balaban J connectivity index is 1.17. The van der Waals surface area contributed by atoms with Crippen LogP contribution in [0, 0.1) is 5.92 Å². The monoisotopic (exact) mass is 429 g/mol. The van der Waals surface area contributed by atoms with Gasteiger partial charge in [0.1, 0.15) is 0 Å². The molecule has 1 saturated carbocycles. The molecular weight excluding hydrogens is 394 g/mol. The maximum Gasteiger partial charge on any atom is 0.263 e. The van der Waals surface area contributed by atoms with Crippen molar-refractivity contribution in [2.45, 2.75) is 70.3 Å². The molecule has 0 aromatic carbocycles. The van der Waals surface area contributed by atoms with E-state index in [-0.39, 0.29) is 11.8 Å². The number of likely N-dealkylation sites (tertiary alicyclic amines) is 1. The minimum Gasteiger partial charge on any atom is -0.340 e. The van der Waals surface area contributed by atoms with Gasteiger partial charge < -0.3 is 9.80 Å². The molecule has 2 amide bonds. The quantitative estimate of drug-likeness (QED) is 0.738. The second-order valence-corrected chi connectivity index (χ2v) is 10.8. The van der Waals surface area contributed by atoms with E-state index < -0.39 is 0 Å². The van der Waals surface area contributed by atoms with Gasteiger partial charge in [-0.3, -0.25) is 14.5 Å². The smallest absolute Gasteiger partial charge is 0.263 e. The van der Waals surface area contributed by atoms with Crippen LogP contribution in [0.15, 0.2) is 6.07 Å². The molecule has 0 unspecified atom stereocenters. The van der Waals surface area contributed by atoms with Crippen molar-refractivity contribution in [2.24, 2.45) is 5.92 Å². The van der Waals surface area contributed by atoms with E-state index in [4.69, 9.17) is 0 Å². The fourth-order valence-electron chi connectivity index (χ4n) is 5.93. The lowest BCUT2D eigenvalue weighted by molar-refractivity contribution is -0.138. The van der Waals surface area contributed by atoms with Crippen molar-refractivity contribution in [2.75, 3.05) is 39.3 Å². The summed E-state index contributed by atoms with van der Waals surface area (Å²) in [5.74, 6) is 0.652. The normalized spacial score (nSPS) is 26.1. The third-order valence-electron chi connectivity index (χ3n) is 7.75. The van der Waals surface area contributed by atoms with Gasteiger partial charge in [0.15, 0.2) is 0 Å². The second-order valence-electron chi connectivity index (χ2n) is 9.65. The number of nitrogens with zero attached hydrogens (tertiary/aromatic N) is 3. The summed E-state index contributed by atoms with van der Waals surface area (Å²) in [6.07, 6.45) is 11.8. The minimum absolute atomic E-state index is 0.100. The van der Waals surface area contributed by atoms with Gasteiger partial charge in [0.25, 0.3) is 5.91 Å². The van der Waals surface area contributed by atoms with E-state index in [1.807, 2.05) is 4.90 Å². The lowest BCUT2D eigenvalue weighted by Crippen LogP contribution is -2.53. The number of carbonyl (C=O) groups excluding carboxylic acids is 2. The average Bonchev–Trinajstić information content (AvgIpc) is 3.48. The van der Waals surface area contributed by atoms with Crippen LogP contribution in [0.5, 0.6) is 0 Å². The van der Waals surface area contributed by atoms with Gasteiger partial charge in [-0.2, -0.15) is 0 Å². The fraction of sp³-hybridized carbons (Fsp3) is 0.750. The first-order valence-electron chi connectivity index (χ1n) is 12.1. The van der Waals surface area contributed by atoms with Gasteiger partial charge in [0.05, 0.1) is 4.88 Å². The highest BCUT2D eigenvalue weighted by atomic mass is 32.1. The van der Waals surface area contributed by atoms with E-state index in [2.05, 4.69) is 15.9 Å². The Bertz CT molecular complexity index is 771.